The molecule has 0 unspecified atom stereocenters. The lowest BCUT2D eigenvalue weighted by Gasteiger charge is -2.10. The molecular weight excluding hydrogens is 228 g/mol. The molecule has 0 aliphatic carbocycles. The highest BCUT2D eigenvalue weighted by atomic mass is 14.1. The fraction of sp³-hybridized carbons (Fsp3) is 0.158. The second-order valence-corrected chi connectivity index (χ2v) is 4.57. The van der Waals surface area contributed by atoms with Gasteiger partial charge in [-0.15, -0.1) is 0 Å². The molecule has 0 radical (unpaired) electrons. The van der Waals surface area contributed by atoms with Gasteiger partial charge in [0, 0.05) is 0 Å². The first-order valence-corrected chi connectivity index (χ1v) is 6.49. The number of aryl methyl sites for hydroxylation is 1. The van der Waals surface area contributed by atoms with Crippen LogP contribution in [-0.4, -0.2) is 0 Å². The van der Waals surface area contributed by atoms with E-state index in [9.17, 15) is 0 Å². The standard InChI is InChI=1S/C19H22/c1-6-8-10-18(15(3)4)19(9-7-2)17-13-11-16(5)12-14-17/h6-14H,1,3H2,2,4-5H3/b9-7-,10-8-,19-18+. The Hall–Kier alpha value is -2.08. The maximum absolute atomic E-state index is 4.08. The van der Waals surface area contributed by atoms with E-state index in [1.165, 1.54) is 16.7 Å². The van der Waals surface area contributed by atoms with Gasteiger partial charge < -0.3 is 0 Å². The fourth-order valence-corrected chi connectivity index (χ4v) is 1.87. The van der Waals surface area contributed by atoms with Gasteiger partial charge >= 0.3 is 0 Å². The lowest BCUT2D eigenvalue weighted by Crippen LogP contribution is -1.90. The predicted octanol–water partition coefficient (Wildman–Crippen LogP) is 5.64. The van der Waals surface area contributed by atoms with Crippen LogP contribution in [0.5, 0.6) is 0 Å². The highest BCUT2D eigenvalue weighted by Gasteiger charge is 2.05. The summed E-state index contributed by atoms with van der Waals surface area (Å²) in [5, 5.41) is 0. The van der Waals surface area contributed by atoms with E-state index in [0.29, 0.717) is 0 Å². The van der Waals surface area contributed by atoms with Crippen LogP contribution in [-0.2, 0) is 0 Å². The van der Waals surface area contributed by atoms with Gasteiger partial charge in [-0.2, -0.15) is 0 Å². The zero-order valence-electron chi connectivity index (χ0n) is 12.1. The molecule has 0 heteroatoms. The molecule has 98 valence electrons. The van der Waals surface area contributed by atoms with Gasteiger partial charge in [-0.1, -0.05) is 78.9 Å². The quantitative estimate of drug-likeness (QED) is 0.593. The Morgan fingerprint density at radius 1 is 1.11 bits per heavy atom. The van der Waals surface area contributed by atoms with E-state index in [1.54, 1.807) is 6.08 Å². The SMILES string of the molecule is C=C\C=C/C(C(=C)C)=C(/C=C\C)c1ccc(C)cc1. The molecule has 0 heterocycles. The van der Waals surface area contributed by atoms with Crippen molar-refractivity contribution in [2.45, 2.75) is 20.8 Å². The molecule has 0 spiro atoms. The van der Waals surface area contributed by atoms with Crippen molar-refractivity contribution in [1.82, 2.24) is 0 Å². The van der Waals surface area contributed by atoms with Gasteiger partial charge in [-0.3, -0.25) is 0 Å². The summed E-state index contributed by atoms with van der Waals surface area (Å²) >= 11 is 0. The minimum Gasteiger partial charge on any atom is -0.0991 e. The molecule has 1 aromatic carbocycles. The number of allylic oxidation sites excluding steroid dienone is 8. The summed E-state index contributed by atoms with van der Waals surface area (Å²) < 4.78 is 0. The van der Waals surface area contributed by atoms with Gasteiger partial charge in [-0.25, -0.2) is 0 Å². The van der Waals surface area contributed by atoms with E-state index in [4.69, 9.17) is 0 Å². The summed E-state index contributed by atoms with van der Waals surface area (Å²) in [4.78, 5) is 0. The molecule has 0 aliphatic rings. The Bertz CT molecular complexity index is 534. The minimum atomic E-state index is 1.05. The average Bonchev–Trinajstić information content (AvgIpc) is 2.38. The van der Waals surface area contributed by atoms with E-state index < -0.39 is 0 Å². The maximum atomic E-state index is 4.08. The Morgan fingerprint density at radius 3 is 2.21 bits per heavy atom. The van der Waals surface area contributed by atoms with Crippen LogP contribution in [0.1, 0.15) is 25.0 Å². The van der Waals surface area contributed by atoms with Gasteiger partial charge in [0.15, 0.2) is 0 Å². The van der Waals surface area contributed by atoms with Crippen LogP contribution in [0, 0.1) is 6.92 Å². The molecule has 0 aliphatic heterocycles. The molecule has 0 aromatic heterocycles. The molecule has 1 aromatic rings. The van der Waals surface area contributed by atoms with Gasteiger partial charge in [0.05, 0.1) is 0 Å². The van der Waals surface area contributed by atoms with Crippen molar-refractivity contribution >= 4 is 5.57 Å². The summed E-state index contributed by atoms with van der Waals surface area (Å²) in [6, 6.07) is 8.56. The zero-order valence-corrected chi connectivity index (χ0v) is 12.1. The molecule has 0 saturated carbocycles. The molecular formula is C19H22. The topological polar surface area (TPSA) is 0 Å². The summed E-state index contributed by atoms with van der Waals surface area (Å²) in [6.45, 7) is 14.0. The van der Waals surface area contributed by atoms with Crippen LogP contribution in [0.15, 0.2) is 78.9 Å². The van der Waals surface area contributed by atoms with Gasteiger partial charge in [-0.05, 0) is 37.5 Å². The monoisotopic (exact) mass is 250 g/mol. The van der Waals surface area contributed by atoms with Crippen molar-refractivity contribution in [1.29, 1.82) is 0 Å². The smallest absolute Gasteiger partial charge is 0.0112 e. The van der Waals surface area contributed by atoms with Gasteiger partial charge in [0.25, 0.3) is 0 Å². The molecule has 0 atom stereocenters. The molecule has 19 heavy (non-hydrogen) atoms. The summed E-state index contributed by atoms with van der Waals surface area (Å²) in [7, 11) is 0. The van der Waals surface area contributed by atoms with E-state index in [-0.39, 0.29) is 0 Å². The van der Waals surface area contributed by atoms with Gasteiger partial charge in [0.2, 0.25) is 0 Å². The third-order valence-corrected chi connectivity index (χ3v) is 2.84. The first-order valence-electron chi connectivity index (χ1n) is 6.49. The number of hydrogen-bond acceptors (Lipinski definition) is 0. The highest BCUT2D eigenvalue weighted by Crippen LogP contribution is 2.26. The third kappa shape index (κ3) is 4.26. The minimum absolute atomic E-state index is 1.05. The van der Waals surface area contributed by atoms with Crippen LogP contribution < -0.4 is 0 Å². The first kappa shape index (κ1) is 15.0. The highest BCUT2D eigenvalue weighted by molar-refractivity contribution is 5.81. The van der Waals surface area contributed by atoms with Crippen LogP contribution >= 0.6 is 0 Å². The van der Waals surface area contributed by atoms with E-state index >= 15 is 0 Å². The average molecular weight is 250 g/mol. The lowest BCUT2D eigenvalue weighted by molar-refractivity contribution is 1.42. The largest absolute Gasteiger partial charge is 0.0991 e. The number of rotatable bonds is 5. The van der Waals surface area contributed by atoms with Crippen LogP contribution in [0.3, 0.4) is 0 Å². The maximum Gasteiger partial charge on any atom is -0.0112 e. The molecule has 0 fully saturated rings. The van der Waals surface area contributed by atoms with Crippen molar-refractivity contribution in [2.75, 3.05) is 0 Å². The molecule has 0 bridgehead atoms. The van der Waals surface area contributed by atoms with Gasteiger partial charge in [0.1, 0.15) is 0 Å². The zero-order chi connectivity index (χ0) is 14.3. The number of hydrogen-bond donors (Lipinski definition) is 0. The van der Waals surface area contributed by atoms with Crippen molar-refractivity contribution in [3.63, 3.8) is 0 Å². The first-order chi connectivity index (χ1) is 9.10. The second kappa shape index (κ2) is 7.38. The van der Waals surface area contributed by atoms with Crippen LogP contribution in [0.2, 0.25) is 0 Å². The molecule has 0 saturated heterocycles. The normalized spacial score (nSPS) is 12.8. The second-order valence-electron chi connectivity index (χ2n) is 4.57. The molecule has 0 nitrogen and oxygen atoms in total. The molecule has 0 amide bonds. The molecule has 0 N–H and O–H groups in total. The fourth-order valence-electron chi connectivity index (χ4n) is 1.87. The number of benzene rings is 1. The molecule has 1 rings (SSSR count). The van der Waals surface area contributed by atoms with Crippen LogP contribution in [0.25, 0.3) is 5.57 Å². The van der Waals surface area contributed by atoms with Crippen molar-refractivity contribution in [3.8, 4) is 0 Å². The van der Waals surface area contributed by atoms with E-state index in [0.717, 1.165) is 11.1 Å². The van der Waals surface area contributed by atoms with E-state index in [1.807, 2.05) is 19.9 Å². The summed E-state index contributed by atoms with van der Waals surface area (Å²) in [6.07, 6.45) is 9.97. The predicted molar refractivity (Wildman–Crippen MR) is 87.1 cm³/mol. The Labute approximate surface area is 117 Å². The van der Waals surface area contributed by atoms with Crippen molar-refractivity contribution in [3.05, 3.63) is 90.1 Å². The Balaban J connectivity index is 3.44. The Morgan fingerprint density at radius 2 is 1.74 bits per heavy atom. The summed E-state index contributed by atoms with van der Waals surface area (Å²) in [5.41, 5.74) is 5.85. The lowest BCUT2D eigenvalue weighted by atomic mass is 9.94. The van der Waals surface area contributed by atoms with Crippen molar-refractivity contribution < 1.29 is 0 Å². The third-order valence-electron chi connectivity index (χ3n) is 2.84. The van der Waals surface area contributed by atoms with E-state index in [2.05, 4.69) is 62.6 Å². The van der Waals surface area contributed by atoms with Crippen molar-refractivity contribution in [2.24, 2.45) is 0 Å². The summed E-state index contributed by atoms with van der Waals surface area (Å²) in [5.74, 6) is 0. The Kier molecular flexibility index (Phi) is 5.81. The van der Waals surface area contributed by atoms with Crippen LogP contribution in [0.4, 0.5) is 0 Å².